The molecule has 0 aliphatic carbocycles. The SMILES string of the molecule is CC(C)C(=O)Cn1cnc2ccccc2c1=O. The zero-order valence-electron chi connectivity index (χ0n) is 9.88. The lowest BCUT2D eigenvalue weighted by molar-refractivity contribution is -0.122. The molecule has 0 unspecified atom stereocenters. The van der Waals surface area contributed by atoms with Gasteiger partial charge in [-0.05, 0) is 12.1 Å². The summed E-state index contributed by atoms with van der Waals surface area (Å²) in [6.45, 7) is 3.73. The average Bonchev–Trinajstić information content (AvgIpc) is 2.33. The highest BCUT2D eigenvalue weighted by atomic mass is 16.1. The number of aromatic nitrogens is 2. The third kappa shape index (κ3) is 2.25. The topological polar surface area (TPSA) is 52.0 Å². The van der Waals surface area contributed by atoms with Crippen molar-refractivity contribution in [3.8, 4) is 0 Å². The molecule has 4 heteroatoms. The first-order valence-electron chi connectivity index (χ1n) is 5.56. The Kier molecular flexibility index (Phi) is 3.04. The van der Waals surface area contributed by atoms with Gasteiger partial charge in [-0.15, -0.1) is 0 Å². The van der Waals surface area contributed by atoms with Crippen molar-refractivity contribution in [2.75, 3.05) is 0 Å². The molecular formula is C13H14N2O2. The van der Waals surface area contributed by atoms with Crippen LogP contribution >= 0.6 is 0 Å². The highest BCUT2D eigenvalue weighted by molar-refractivity contribution is 5.81. The molecule has 0 aliphatic rings. The summed E-state index contributed by atoms with van der Waals surface area (Å²) in [5.74, 6) is -0.0439. The van der Waals surface area contributed by atoms with E-state index in [9.17, 15) is 9.59 Å². The van der Waals surface area contributed by atoms with Crippen LogP contribution in [-0.4, -0.2) is 15.3 Å². The summed E-state index contributed by atoms with van der Waals surface area (Å²) < 4.78 is 1.37. The second kappa shape index (κ2) is 4.49. The highest BCUT2D eigenvalue weighted by Gasteiger charge is 2.10. The van der Waals surface area contributed by atoms with E-state index in [-0.39, 0.29) is 23.8 Å². The van der Waals surface area contributed by atoms with E-state index in [0.29, 0.717) is 10.9 Å². The standard InChI is InChI=1S/C13H14N2O2/c1-9(2)12(16)7-15-8-14-11-6-4-3-5-10(11)13(15)17/h3-6,8-9H,7H2,1-2H3. The van der Waals surface area contributed by atoms with Crippen LogP contribution in [0.2, 0.25) is 0 Å². The average molecular weight is 230 g/mol. The van der Waals surface area contributed by atoms with Crippen LogP contribution in [0.15, 0.2) is 35.4 Å². The van der Waals surface area contributed by atoms with Crippen molar-refractivity contribution in [2.45, 2.75) is 20.4 Å². The van der Waals surface area contributed by atoms with Gasteiger partial charge >= 0.3 is 0 Å². The van der Waals surface area contributed by atoms with Crippen LogP contribution in [0.4, 0.5) is 0 Å². The molecule has 0 saturated carbocycles. The molecule has 0 spiro atoms. The summed E-state index contributed by atoms with van der Waals surface area (Å²) in [4.78, 5) is 27.8. The zero-order chi connectivity index (χ0) is 12.4. The van der Waals surface area contributed by atoms with E-state index < -0.39 is 0 Å². The molecule has 1 heterocycles. The Hall–Kier alpha value is -1.97. The Labute approximate surface area is 98.9 Å². The maximum absolute atomic E-state index is 12.1. The summed E-state index contributed by atoms with van der Waals surface area (Å²) in [5.41, 5.74) is 0.496. The molecule has 1 aromatic heterocycles. The first-order chi connectivity index (χ1) is 8.09. The van der Waals surface area contributed by atoms with Crippen molar-refractivity contribution < 1.29 is 4.79 Å². The smallest absolute Gasteiger partial charge is 0.261 e. The van der Waals surface area contributed by atoms with E-state index in [0.717, 1.165) is 0 Å². The van der Waals surface area contributed by atoms with Gasteiger partial charge in [0.2, 0.25) is 0 Å². The summed E-state index contributed by atoms with van der Waals surface area (Å²) >= 11 is 0. The quantitative estimate of drug-likeness (QED) is 0.805. The van der Waals surface area contributed by atoms with Gasteiger partial charge in [0.15, 0.2) is 5.78 Å². The number of para-hydroxylation sites is 1. The number of carbonyl (C=O) groups is 1. The van der Waals surface area contributed by atoms with Crippen LogP contribution in [0.1, 0.15) is 13.8 Å². The molecule has 0 amide bonds. The van der Waals surface area contributed by atoms with Crippen molar-refractivity contribution in [3.05, 3.63) is 40.9 Å². The van der Waals surface area contributed by atoms with E-state index in [1.165, 1.54) is 10.9 Å². The fraction of sp³-hybridized carbons (Fsp3) is 0.308. The lowest BCUT2D eigenvalue weighted by atomic mass is 10.1. The maximum atomic E-state index is 12.1. The molecule has 2 rings (SSSR count). The lowest BCUT2D eigenvalue weighted by Gasteiger charge is -2.07. The first kappa shape index (κ1) is 11.5. The van der Waals surface area contributed by atoms with Gasteiger partial charge < -0.3 is 0 Å². The van der Waals surface area contributed by atoms with Gasteiger partial charge in [0, 0.05) is 5.92 Å². The number of fused-ring (bicyclic) bond motifs is 1. The van der Waals surface area contributed by atoms with Crippen LogP contribution in [0, 0.1) is 5.92 Å². The summed E-state index contributed by atoms with van der Waals surface area (Å²) in [5, 5.41) is 0.548. The summed E-state index contributed by atoms with van der Waals surface area (Å²) in [6.07, 6.45) is 1.44. The largest absolute Gasteiger partial charge is 0.297 e. The van der Waals surface area contributed by atoms with Crippen molar-refractivity contribution in [3.63, 3.8) is 0 Å². The van der Waals surface area contributed by atoms with Gasteiger partial charge in [-0.2, -0.15) is 0 Å². The Morgan fingerprint density at radius 3 is 2.76 bits per heavy atom. The number of rotatable bonds is 3. The van der Waals surface area contributed by atoms with E-state index >= 15 is 0 Å². The van der Waals surface area contributed by atoms with Gasteiger partial charge in [-0.3, -0.25) is 14.2 Å². The fourth-order valence-corrected chi connectivity index (χ4v) is 1.57. The number of nitrogens with zero attached hydrogens (tertiary/aromatic N) is 2. The molecule has 1 aromatic carbocycles. The molecule has 0 radical (unpaired) electrons. The van der Waals surface area contributed by atoms with E-state index in [1.54, 1.807) is 18.2 Å². The molecule has 0 saturated heterocycles. The first-order valence-corrected chi connectivity index (χ1v) is 5.56. The molecule has 88 valence electrons. The minimum atomic E-state index is -0.162. The number of carbonyl (C=O) groups excluding carboxylic acids is 1. The van der Waals surface area contributed by atoms with Crippen LogP contribution < -0.4 is 5.56 Å². The van der Waals surface area contributed by atoms with Crippen LogP contribution in [0.5, 0.6) is 0 Å². The van der Waals surface area contributed by atoms with Crippen molar-refractivity contribution >= 4 is 16.7 Å². The minimum absolute atomic E-state index is 0.0316. The van der Waals surface area contributed by atoms with Crippen molar-refractivity contribution in [2.24, 2.45) is 5.92 Å². The molecule has 4 nitrogen and oxygen atoms in total. The van der Waals surface area contributed by atoms with Gasteiger partial charge in [0.1, 0.15) is 0 Å². The summed E-state index contributed by atoms with van der Waals surface area (Å²) in [6, 6.07) is 7.13. The molecule has 0 bridgehead atoms. The predicted octanol–water partition coefficient (Wildman–Crippen LogP) is 1.62. The zero-order valence-corrected chi connectivity index (χ0v) is 9.88. The van der Waals surface area contributed by atoms with E-state index in [1.807, 2.05) is 19.9 Å². The van der Waals surface area contributed by atoms with E-state index in [4.69, 9.17) is 0 Å². The highest BCUT2D eigenvalue weighted by Crippen LogP contribution is 2.05. The Morgan fingerprint density at radius 1 is 1.35 bits per heavy atom. The molecule has 17 heavy (non-hydrogen) atoms. The summed E-state index contributed by atoms with van der Waals surface area (Å²) in [7, 11) is 0. The van der Waals surface area contributed by atoms with Gasteiger partial charge in [0.25, 0.3) is 5.56 Å². The second-order valence-electron chi connectivity index (χ2n) is 4.32. The van der Waals surface area contributed by atoms with Gasteiger partial charge in [-0.25, -0.2) is 4.98 Å². The van der Waals surface area contributed by atoms with Gasteiger partial charge in [-0.1, -0.05) is 26.0 Å². The van der Waals surface area contributed by atoms with Crippen LogP contribution in [-0.2, 0) is 11.3 Å². The van der Waals surface area contributed by atoms with Crippen LogP contribution in [0.25, 0.3) is 10.9 Å². The molecule has 0 fully saturated rings. The third-order valence-electron chi connectivity index (χ3n) is 2.70. The Balaban J connectivity index is 2.47. The maximum Gasteiger partial charge on any atom is 0.261 e. The van der Waals surface area contributed by atoms with Crippen molar-refractivity contribution in [1.82, 2.24) is 9.55 Å². The van der Waals surface area contributed by atoms with E-state index in [2.05, 4.69) is 4.98 Å². The molecule has 2 aromatic rings. The number of hydrogen-bond acceptors (Lipinski definition) is 3. The predicted molar refractivity (Wildman–Crippen MR) is 65.8 cm³/mol. The molecular weight excluding hydrogens is 216 g/mol. The normalized spacial score (nSPS) is 11.0. The number of hydrogen-bond donors (Lipinski definition) is 0. The number of ketones is 1. The Morgan fingerprint density at radius 2 is 2.06 bits per heavy atom. The number of benzene rings is 1. The molecule has 0 N–H and O–H groups in total. The van der Waals surface area contributed by atoms with Crippen molar-refractivity contribution in [1.29, 1.82) is 0 Å². The Bertz CT molecular complexity index is 614. The minimum Gasteiger partial charge on any atom is -0.297 e. The number of Topliss-reactive ketones (excluding diaryl/α,β-unsaturated/α-hetero) is 1. The second-order valence-corrected chi connectivity index (χ2v) is 4.32. The molecule has 0 atom stereocenters. The third-order valence-corrected chi connectivity index (χ3v) is 2.70. The fourth-order valence-electron chi connectivity index (χ4n) is 1.57. The monoisotopic (exact) mass is 230 g/mol. The molecule has 0 aliphatic heterocycles. The van der Waals surface area contributed by atoms with Crippen LogP contribution in [0.3, 0.4) is 0 Å². The lowest BCUT2D eigenvalue weighted by Crippen LogP contribution is -2.26. The van der Waals surface area contributed by atoms with Gasteiger partial charge in [0.05, 0.1) is 23.8 Å².